The normalized spacial score (nSPS) is 21.7. The van der Waals surface area contributed by atoms with E-state index in [0.29, 0.717) is 30.9 Å². The number of aliphatic hydroxyl groups is 1. The molecule has 1 saturated heterocycles. The van der Waals surface area contributed by atoms with Crippen molar-refractivity contribution in [3.8, 4) is 0 Å². The van der Waals surface area contributed by atoms with Crippen molar-refractivity contribution in [2.75, 3.05) is 41.5 Å². The molecule has 1 aliphatic carbocycles. The lowest BCUT2D eigenvalue weighted by Gasteiger charge is -2.41. The second-order valence-corrected chi connectivity index (χ2v) is 23.5. The van der Waals surface area contributed by atoms with Crippen LogP contribution in [0.25, 0.3) is 0 Å². The summed E-state index contributed by atoms with van der Waals surface area (Å²) < 4.78 is 17.8. The maximum atomic E-state index is 14.7. The summed E-state index contributed by atoms with van der Waals surface area (Å²) in [5.74, 6) is -2.22. The molecule has 18 heteroatoms. The van der Waals surface area contributed by atoms with E-state index in [0.717, 1.165) is 56.4 Å². The van der Waals surface area contributed by atoms with Crippen molar-refractivity contribution in [2.45, 2.75) is 186 Å². The van der Waals surface area contributed by atoms with Crippen LogP contribution in [-0.4, -0.2) is 149 Å². The van der Waals surface area contributed by atoms with Crippen molar-refractivity contribution in [3.63, 3.8) is 0 Å². The Morgan fingerprint density at radius 1 is 0.887 bits per heavy atom. The highest BCUT2D eigenvalue weighted by atomic mass is 33.1. The lowest BCUT2D eigenvalue weighted by Crippen LogP contribution is -2.60. The van der Waals surface area contributed by atoms with Gasteiger partial charge in [0.1, 0.15) is 23.7 Å². The molecule has 2 fully saturated rings. The summed E-state index contributed by atoms with van der Waals surface area (Å²) in [7, 11) is 9.70. The minimum Gasteiger partial charge on any atom is -0.448 e. The average Bonchev–Trinajstić information content (AvgIpc) is 3.98. The first-order valence-electron chi connectivity index (χ1n) is 26.0. The fraction of sp³-hybridized carbons (Fsp3) is 0.755. The van der Waals surface area contributed by atoms with Crippen LogP contribution in [0.1, 0.15) is 145 Å². The molecule has 5 amide bonds. The number of likely N-dealkylation sites (N-methyl/N-ethyl adjacent to an activating group) is 2. The fourth-order valence-corrected chi connectivity index (χ4v) is 13.3. The van der Waals surface area contributed by atoms with Crippen LogP contribution >= 0.6 is 21.6 Å². The van der Waals surface area contributed by atoms with Crippen molar-refractivity contribution in [1.29, 1.82) is 0 Å². The van der Waals surface area contributed by atoms with Crippen LogP contribution < -0.4 is 10.6 Å². The Kier molecular flexibility index (Phi) is 24.2. The van der Waals surface area contributed by atoms with E-state index >= 15 is 0 Å². The molecule has 71 heavy (non-hydrogen) atoms. The third kappa shape index (κ3) is 16.1. The number of carbonyl (C=O) groups excluding carboxylic acids is 5. The lowest BCUT2D eigenvalue weighted by atomic mass is 9.89. The van der Waals surface area contributed by atoms with Gasteiger partial charge in [-0.1, -0.05) is 116 Å². The van der Waals surface area contributed by atoms with E-state index in [4.69, 9.17) is 14.2 Å². The number of methoxy groups -OCH3 is 2. The van der Waals surface area contributed by atoms with E-state index in [2.05, 4.69) is 27.8 Å². The highest BCUT2D eigenvalue weighted by Crippen LogP contribution is 2.48. The van der Waals surface area contributed by atoms with Gasteiger partial charge in [-0.15, -0.1) is 5.10 Å². The van der Waals surface area contributed by atoms with Gasteiger partial charge in [-0.05, 0) is 91.9 Å². The minimum absolute atomic E-state index is 0.0286. The molecule has 0 aromatic heterocycles. The van der Waals surface area contributed by atoms with Crippen molar-refractivity contribution < 1.29 is 43.3 Å². The van der Waals surface area contributed by atoms with Crippen LogP contribution in [0.15, 0.2) is 40.5 Å². The van der Waals surface area contributed by atoms with Gasteiger partial charge in [0.15, 0.2) is 0 Å². The first-order valence-corrected chi connectivity index (χ1v) is 28.2. The zero-order chi connectivity index (χ0) is 52.6. The highest BCUT2D eigenvalue weighted by molar-refractivity contribution is 8.82. The monoisotopic (exact) mass is 1030 g/mol. The van der Waals surface area contributed by atoms with E-state index in [1.54, 1.807) is 73.6 Å². The number of hydrogen-bond acceptors (Lipinski definition) is 13. The molecule has 0 bridgehead atoms. The Hall–Kier alpha value is -3.71. The van der Waals surface area contributed by atoms with Crippen LogP contribution in [0.5, 0.6) is 0 Å². The molecule has 0 spiro atoms. The number of nitrogens with zero attached hydrogens (tertiary/aromatic N) is 5. The molecule has 1 unspecified atom stereocenters. The third-order valence-electron chi connectivity index (χ3n) is 15.1. The van der Waals surface area contributed by atoms with Crippen molar-refractivity contribution in [3.05, 3.63) is 35.9 Å². The zero-order valence-electron chi connectivity index (χ0n) is 44.9. The Labute approximate surface area is 432 Å². The molecule has 1 aromatic rings. The SMILES string of the molecule is CCC1C=NN=C(SSC2(COC(=O)N(C)[C@H](C(=O)N[C@H](C(=O)N(C)[C@@H]([C@@H](C)CC)[C@@H](CC(=O)N3CCC[C@H]3[C@H](OC)[C@@H](C)C(=O)N[C@H](C)[C@@H](O)c3ccccc3)OC)C(C)C)C(C)C)CCCC2)CC1. The zero-order valence-corrected chi connectivity index (χ0v) is 46.6. The summed E-state index contributed by atoms with van der Waals surface area (Å²) in [5.41, 5.74) is 0.696. The number of ether oxygens (including phenoxy) is 3. The first kappa shape index (κ1) is 59.8. The number of rotatable bonds is 25. The fourth-order valence-electron chi connectivity index (χ4n) is 10.4. The Bertz CT molecular complexity index is 1940. The van der Waals surface area contributed by atoms with Gasteiger partial charge in [0, 0.05) is 41.1 Å². The molecule has 16 nitrogen and oxygen atoms in total. The molecule has 2 heterocycles. The molecule has 3 N–H and O–H groups in total. The number of benzene rings is 1. The first-order chi connectivity index (χ1) is 33.7. The summed E-state index contributed by atoms with van der Waals surface area (Å²) in [6.07, 6.45) is 7.91. The van der Waals surface area contributed by atoms with Gasteiger partial charge in [0.25, 0.3) is 0 Å². The van der Waals surface area contributed by atoms with Crippen LogP contribution in [0.3, 0.4) is 0 Å². The molecular weight excluding hydrogens is 943 g/mol. The van der Waals surface area contributed by atoms with Crippen LogP contribution in [0, 0.1) is 29.6 Å². The predicted molar refractivity (Wildman–Crippen MR) is 285 cm³/mol. The molecule has 11 atom stereocenters. The number of likely N-dealkylation sites (tertiary alicyclic amines) is 1. The van der Waals surface area contributed by atoms with E-state index < -0.39 is 60.4 Å². The Balaban J connectivity index is 1.42. The lowest BCUT2D eigenvalue weighted by molar-refractivity contribution is -0.148. The van der Waals surface area contributed by atoms with Crippen molar-refractivity contribution in [2.24, 2.45) is 39.8 Å². The molecule has 1 saturated carbocycles. The number of carbonyl (C=O) groups is 5. The summed E-state index contributed by atoms with van der Waals surface area (Å²) in [6, 6.07) is 5.79. The number of nitrogens with one attached hydrogen (secondary N) is 2. The van der Waals surface area contributed by atoms with Gasteiger partial charge in [-0.3, -0.25) is 24.1 Å². The second-order valence-electron chi connectivity index (χ2n) is 20.8. The van der Waals surface area contributed by atoms with E-state index in [9.17, 15) is 29.1 Å². The maximum absolute atomic E-state index is 14.7. The summed E-state index contributed by atoms with van der Waals surface area (Å²) in [5, 5.41) is 26.6. The summed E-state index contributed by atoms with van der Waals surface area (Å²) in [6.45, 7) is 17.9. The molecule has 0 radical (unpaired) electrons. The van der Waals surface area contributed by atoms with E-state index in [1.807, 2.05) is 78.1 Å². The smallest absolute Gasteiger partial charge is 0.410 e. The van der Waals surface area contributed by atoms with E-state index in [-0.39, 0.29) is 59.3 Å². The van der Waals surface area contributed by atoms with Crippen LogP contribution in [0.4, 0.5) is 4.79 Å². The third-order valence-corrected chi connectivity index (χ3v) is 18.4. The Morgan fingerprint density at radius 2 is 1.56 bits per heavy atom. The van der Waals surface area contributed by atoms with Gasteiger partial charge in [0.2, 0.25) is 23.6 Å². The van der Waals surface area contributed by atoms with Gasteiger partial charge >= 0.3 is 6.09 Å². The molecular formula is C53H87N7O9S2. The Morgan fingerprint density at radius 3 is 2.15 bits per heavy atom. The highest BCUT2D eigenvalue weighted by Gasteiger charge is 2.44. The topological polar surface area (TPSA) is 192 Å². The van der Waals surface area contributed by atoms with E-state index in [1.165, 1.54) is 4.90 Å². The molecule has 4 rings (SSSR count). The second kappa shape index (κ2) is 28.7. The van der Waals surface area contributed by atoms with Gasteiger partial charge in [-0.2, -0.15) is 5.10 Å². The average molecular weight is 1030 g/mol. The molecule has 3 aliphatic rings. The van der Waals surface area contributed by atoms with Crippen LogP contribution in [0.2, 0.25) is 0 Å². The van der Waals surface area contributed by atoms with Gasteiger partial charge in [0.05, 0.1) is 53.5 Å². The van der Waals surface area contributed by atoms with Crippen molar-refractivity contribution in [1.82, 2.24) is 25.3 Å². The molecule has 1 aromatic carbocycles. The number of amides is 5. The quantitative estimate of drug-likeness (QED) is 0.0799. The minimum atomic E-state index is -0.952. The number of aliphatic hydroxyl groups excluding tert-OH is 1. The summed E-state index contributed by atoms with van der Waals surface area (Å²) >= 11 is 0. The summed E-state index contributed by atoms with van der Waals surface area (Å²) in [4.78, 5) is 75.7. The molecule has 400 valence electrons. The maximum Gasteiger partial charge on any atom is 0.410 e. The number of hydrogen-bond donors (Lipinski definition) is 3. The predicted octanol–water partition coefficient (Wildman–Crippen LogP) is 8.28. The largest absolute Gasteiger partial charge is 0.448 e. The van der Waals surface area contributed by atoms with Crippen molar-refractivity contribution >= 4 is 62.6 Å². The molecule has 2 aliphatic heterocycles. The van der Waals surface area contributed by atoms with Gasteiger partial charge < -0.3 is 39.8 Å². The van der Waals surface area contributed by atoms with Gasteiger partial charge in [-0.25, -0.2) is 4.79 Å². The van der Waals surface area contributed by atoms with Crippen LogP contribution in [-0.2, 0) is 33.4 Å². The standard InChI is InChI=1S/C53H87N7O9S2/c1-14-35(7)46(41(67-12)30-43(61)60-29-21-24-40(60)48(68-13)36(8)49(63)55-37(9)47(62)39-22-17-16-18-23-39)58(10)51(65)44(33(3)4)56-50(64)45(34(5)6)59(11)52(66)69-32-53(27-19-20-28-53)71-70-42-26-25-38(15-2)31-54-57-42/h16-18,22-23,31,33-38,40-41,44-48,62H,14-15,19-21,24-30,32H2,1-13H3,(H,55,63)(H,56,64)/t35-,36+,37+,38?,40-,41+,44-,45-,46-,47+,48+/m0/s1.